The van der Waals surface area contributed by atoms with Gasteiger partial charge in [0.15, 0.2) is 0 Å². The van der Waals surface area contributed by atoms with Gasteiger partial charge in [0, 0.05) is 27.3 Å². The smallest absolute Gasteiger partial charge is 0.253 e. The molecule has 2 aromatic rings. The van der Waals surface area contributed by atoms with Crippen LogP contribution in [0, 0.1) is 5.82 Å². The average molecular weight is 407 g/mol. The van der Waals surface area contributed by atoms with Gasteiger partial charge in [-0.1, -0.05) is 0 Å². The summed E-state index contributed by atoms with van der Waals surface area (Å²) in [5.74, 6) is -0.508. The van der Waals surface area contributed by atoms with Crippen LogP contribution in [0.4, 0.5) is 4.39 Å². The molecule has 6 heteroatoms. The number of hydrogen-bond acceptors (Lipinski definition) is 2. The van der Waals surface area contributed by atoms with E-state index >= 15 is 0 Å². The van der Waals surface area contributed by atoms with Gasteiger partial charge < -0.3 is 4.90 Å². The van der Waals surface area contributed by atoms with Crippen LogP contribution in [0.5, 0.6) is 0 Å². The molecule has 0 saturated heterocycles. The number of carbonyl (C=O) groups is 1. The molecule has 0 aliphatic heterocycles. The minimum absolute atomic E-state index is 0.134. The van der Waals surface area contributed by atoms with Crippen molar-refractivity contribution in [1.82, 2.24) is 4.90 Å². The van der Waals surface area contributed by atoms with E-state index in [2.05, 4.69) is 31.9 Å². The number of benzene rings is 1. The zero-order chi connectivity index (χ0) is 14.0. The van der Waals surface area contributed by atoms with E-state index in [0.717, 1.165) is 9.35 Å². The van der Waals surface area contributed by atoms with Crippen molar-refractivity contribution in [2.45, 2.75) is 6.54 Å². The van der Waals surface area contributed by atoms with Gasteiger partial charge in [0.2, 0.25) is 0 Å². The summed E-state index contributed by atoms with van der Waals surface area (Å²) in [5.41, 5.74) is 0.464. The first-order valence-electron chi connectivity index (χ1n) is 5.41. The van der Waals surface area contributed by atoms with Crippen molar-refractivity contribution in [2.75, 3.05) is 7.05 Å². The number of hydrogen-bond donors (Lipinski definition) is 0. The molecule has 0 aliphatic carbocycles. The van der Waals surface area contributed by atoms with Gasteiger partial charge in [-0.25, -0.2) is 4.39 Å². The number of amides is 1. The Balaban J connectivity index is 2.12. The third-order valence-electron chi connectivity index (χ3n) is 2.53. The van der Waals surface area contributed by atoms with Crippen LogP contribution in [-0.2, 0) is 6.54 Å². The van der Waals surface area contributed by atoms with Gasteiger partial charge in [-0.3, -0.25) is 4.79 Å². The maximum atomic E-state index is 13.1. The highest BCUT2D eigenvalue weighted by Gasteiger charge is 2.14. The Morgan fingerprint density at radius 3 is 2.68 bits per heavy atom. The number of halogens is 3. The van der Waals surface area contributed by atoms with Crippen molar-refractivity contribution in [3.63, 3.8) is 0 Å². The van der Waals surface area contributed by atoms with Crippen LogP contribution in [0.15, 0.2) is 38.6 Å². The summed E-state index contributed by atoms with van der Waals surface area (Å²) in [6.45, 7) is 0.532. The van der Waals surface area contributed by atoms with E-state index in [-0.39, 0.29) is 11.7 Å². The minimum atomic E-state index is -0.374. The van der Waals surface area contributed by atoms with Gasteiger partial charge in [0.1, 0.15) is 5.82 Å². The first kappa shape index (κ1) is 14.7. The van der Waals surface area contributed by atoms with Gasteiger partial charge in [0.25, 0.3) is 5.91 Å². The molecule has 0 aliphatic rings. The maximum absolute atomic E-state index is 13.1. The van der Waals surface area contributed by atoms with Crippen molar-refractivity contribution in [3.05, 3.63) is 54.8 Å². The fourth-order valence-electron chi connectivity index (χ4n) is 1.59. The minimum Gasteiger partial charge on any atom is -0.337 e. The third kappa shape index (κ3) is 3.64. The van der Waals surface area contributed by atoms with Crippen LogP contribution in [-0.4, -0.2) is 17.9 Å². The van der Waals surface area contributed by atoms with E-state index in [1.54, 1.807) is 23.3 Å². The van der Waals surface area contributed by atoms with Crippen LogP contribution in [0.1, 0.15) is 15.2 Å². The van der Waals surface area contributed by atoms with Crippen molar-refractivity contribution < 1.29 is 9.18 Å². The van der Waals surface area contributed by atoms with E-state index in [9.17, 15) is 9.18 Å². The first-order valence-corrected chi connectivity index (χ1v) is 7.87. The summed E-state index contributed by atoms with van der Waals surface area (Å²) in [7, 11) is 1.73. The molecule has 0 N–H and O–H groups in total. The largest absolute Gasteiger partial charge is 0.337 e. The monoisotopic (exact) mass is 405 g/mol. The van der Waals surface area contributed by atoms with E-state index in [1.165, 1.54) is 18.2 Å². The fourth-order valence-corrected chi connectivity index (χ4v) is 3.47. The zero-order valence-corrected chi connectivity index (χ0v) is 14.0. The second-order valence-corrected chi connectivity index (χ2v) is 6.79. The molecule has 2 rings (SSSR count). The van der Waals surface area contributed by atoms with Gasteiger partial charge in [0.05, 0.1) is 11.0 Å². The summed E-state index contributed by atoms with van der Waals surface area (Å²) in [5, 5.41) is 1.97. The van der Waals surface area contributed by atoms with Gasteiger partial charge in [-0.2, -0.15) is 0 Å². The van der Waals surface area contributed by atoms with E-state index in [1.807, 2.05) is 11.4 Å². The summed E-state index contributed by atoms with van der Waals surface area (Å²) in [6, 6.07) is 6.25. The molecule has 1 aromatic heterocycles. The maximum Gasteiger partial charge on any atom is 0.253 e. The number of carbonyl (C=O) groups excluding carboxylic acids is 1. The standard InChI is InChI=1S/C13H10Br2FNOS/c1-17(6-10-5-9(14)7-19-10)13(18)8-2-3-12(16)11(15)4-8/h2-5,7H,6H2,1H3. The molecule has 0 unspecified atom stereocenters. The molecule has 0 saturated carbocycles. The second kappa shape index (κ2) is 6.15. The van der Waals surface area contributed by atoms with Crippen LogP contribution in [0.2, 0.25) is 0 Å². The highest BCUT2D eigenvalue weighted by atomic mass is 79.9. The topological polar surface area (TPSA) is 20.3 Å². The quantitative estimate of drug-likeness (QED) is 0.724. The Hall–Kier alpha value is -0.720. The lowest BCUT2D eigenvalue weighted by Crippen LogP contribution is -2.25. The lowest BCUT2D eigenvalue weighted by Gasteiger charge is -2.16. The normalized spacial score (nSPS) is 10.5. The van der Waals surface area contributed by atoms with Crippen LogP contribution in [0.25, 0.3) is 0 Å². The Bertz CT molecular complexity index is 614. The van der Waals surface area contributed by atoms with Crippen molar-refractivity contribution in [3.8, 4) is 0 Å². The molecule has 100 valence electrons. The van der Waals surface area contributed by atoms with E-state index in [4.69, 9.17) is 0 Å². The average Bonchev–Trinajstić information content (AvgIpc) is 2.77. The number of rotatable bonds is 3. The third-order valence-corrected chi connectivity index (χ3v) is 4.82. The predicted octanol–water partition coefficient (Wildman–Crippen LogP) is 4.68. The molecule has 0 fully saturated rings. The second-order valence-electron chi connectivity index (χ2n) is 4.02. The Morgan fingerprint density at radius 2 is 2.11 bits per heavy atom. The molecule has 0 bridgehead atoms. The number of thiophene rings is 1. The lowest BCUT2D eigenvalue weighted by molar-refractivity contribution is 0.0786. The van der Waals surface area contributed by atoms with Crippen molar-refractivity contribution >= 4 is 49.1 Å². The molecule has 0 radical (unpaired) electrons. The van der Waals surface area contributed by atoms with Crippen molar-refractivity contribution in [2.24, 2.45) is 0 Å². The molecule has 0 spiro atoms. The predicted molar refractivity (Wildman–Crippen MR) is 81.9 cm³/mol. The summed E-state index contributed by atoms with van der Waals surface area (Å²) in [6.07, 6.45) is 0. The molecule has 1 amide bonds. The van der Waals surface area contributed by atoms with Crippen LogP contribution < -0.4 is 0 Å². The summed E-state index contributed by atoms with van der Waals surface area (Å²) >= 11 is 8.05. The fraction of sp³-hybridized carbons (Fsp3) is 0.154. The Morgan fingerprint density at radius 1 is 1.37 bits per heavy atom. The lowest BCUT2D eigenvalue weighted by atomic mass is 10.2. The summed E-state index contributed by atoms with van der Waals surface area (Å²) < 4.78 is 14.4. The molecule has 1 aromatic carbocycles. The molecule has 0 atom stereocenters. The van der Waals surface area contributed by atoms with Crippen LogP contribution >= 0.6 is 43.2 Å². The highest BCUT2D eigenvalue weighted by Crippen LogP contribution is 2.22. The molecular formula is C13H10Br2FNOS. The SMILES string of the molecule is CN(Cc1cc(Br)cs1)C(=O)c1ccc(F)c(Br)c1. The van der Waals surface area contributed by atoms with E-state index in [0.29, 0.717) is 16.6 Å². The molecular weight excluding hydrogens is 397 g/mol. The molecule has 1 heterocycles. The highest BCUT2D eigenvalue weighted by molar-refractivity contribution is 9.10. The Labute approximate surface area is 131 Å². The van der Waals surface area contributed by atoms with Crippen LogP contribution in [0.3, 0.4) is 0 Å². The van der Waals surface area contributed by atoms with Gasteiger partial charge in [-0.15, -0.1) is 11.3 Å². The molecule has 19 heavy (non-hydrogen) atoms. The Kier molecular flexibility index (Phi) is 4.76. The van der Waals surface area contributed by atoms with Gasteiger partial charge >= 0.3 is 0 Å². The van der Waals surface area contributed by atoms with Gasteiger partial charge in [-0.05, 0) is 56.1 Å². The number of nitrogens with zero attached hydrogens (tertiary/aromatic N) is 1. The molecule has 2 nitrogen and oxygen atoms in total. The first-order chi connectivity index (χ1) is 8.97. The van der Waals surface area contributed by atoms with Crippen molar-refractivity contribution in [1.29, 1.82) is 0 Å². The summed E-state index contributed by atoms with van der Waals surface area (Å²) in [4.78, 5) is 14.9. The zero-order valence-electron chi connectivity index (χ0n) is 9.99. The van der Waals surface area contributed by atoms with E-state index < -0.39 is 0 Å².